The molecule has 0 aromatic rings. The summed E-state index contributed by atoms with van der Waals surface area (Å²) in [6, 6.07) is -3.08. The van der Waals surface area contributed by atoms with Gasteiger partial charge in [-0.2, -0.15) is 0 Å². The third kappa shape index (κ3) is 9.88. The van der Waals surface area contributed by atoms with Crippen molar-refractivity contribution in [2.24, 2.45) is 17.6 Å². The number of carboxylic acids is 2. The molecule has 166 valence electrons. The highest BCUT2D eigenvalue weighted by Crippen LogP contribution is 2.09. The number of aliphatic carboxylic acids is 2. The minimum absolute atomic E-state index is 0.125. The van der Waals surface area contributed by atoms with Gasteiger partial charge in [0.2, 0.25) is 17.7 Å². The summed E-state index contributed by atoms with van der Waals surface area (Å²) in [6.07, 6.45) is -0.136. The SMILES string of the molecule is CCC(C)C(NC(=O)C(N)C(C)C)C(=O)NCC(=O)NC(CCC(=O)O)C(=O)O. The number of carboxylic acid groups (broad SMARTS) is 2. The second-order valence-corrected chi connectivity index (χ2v) is 7.25. The van der Waals surface area contributed by atoms with E-state index in [4.69, 9.17) is 15.9 Å². The molecule has 3 amide bonds. The second kappa shape index (κ2) is 12.7. The zero-order valence-electron chi connectivity index (χ0n) is 17.2. The predicted molar refractivity (Wildman–Crippen MR) is 104 cm³/mol. The molecule has 11 nitrogen and oxygen atoms in total. The highest BCUT2D eigenvalue weighted by atomic mass is 16.4. The van der Waals surface area contributed by atoms with Gasteiger partial charge >= 0.3 is 11.9 Å². The molecule has 0 spiro atoms. The molecule has 0 aliphatic rings. The van der Waals surface area contributed by atoms with Gasteiger partial charge in [-0.05, 0) is 18.3 Å². The van der Waals surface area contributed by atoms with Gasteiger partial charge in [0.25, 0.3) is 0 Å². The lowest BCUT2D eigenvalue weighted by atomic mass is 9.96. The molecule has 11 heteroatoms. The number of nitrogens with two attached hydrogens (primary N) is 1. The summed E-state index contributed by atoms with van der Waals surface area (Å²) < 4.78 is 0. The Bertz CT molecular complexity index is 609. The molecule has 4 unspecified atom stereocenters. The molecule has 0 aliphatic carbocycles. The Balaban J connectivity index is 4.88. The largest absolute Gasteiger partial charge is 0.481 e. The van der Waals surface area contributed by atoms with Crippen LogP contribution in [0.15, 0.2) is 0 Å². The summed E-state index contributed by atoms with van der Waals surface area (Å²) in [6.45, 7) is 6.63. The van der Waals surface area contributed by atoms with E-state index < -0.39 is 60.8 Å². The number of hydrogen-bond donors (Lipinski definition) is 6. The van der Waals surface area contributed by atoms with Crippen LogP contribution in [0.1, 0.15) is 47.0 Å². The van der Waals surface area contributed by atoms with Gasteiger partial charge in [0.1, 0.15) is 12.1 Å². The molecule has 0 aromatic heterocycles. The van der Waals surface area contributed by atoms with E-state index in [1.54, 1.807) is 20.8 Å². The van der Waals surface area contributed by atoms with Crippen LogP contribution in [0.2, 0.25) is 0 Å². The number of hydrogen-bond acceptors (Lipinski definition) is 6. The molecule has 0 aromatic carbocycles. The highest BCUT2D eigenvalue weighted by molar-refractivity contribution is 5.92. The summed E-state index contributed by atoms with van der Waals surface area (Å²) in [5.41, 5.74) is 5.80. The number of amides is 3. The van der Waals surface area contributed by atoms with Crippen molar-refractivity contribution < 1.29 is 34.2 Å². The van der Waals surface area contributed by atoms with Crippen LogP contribution in [0.4, 0.5) is 0 Å². The van der Waals surface area contributed by atoms with Crippen LogP contribution in [-0.2, 0) is 24.0 Å². The van der Waals surface area contributed by atoms with Crippen molar-refractivity contribution in [3.63, 3.8) is 0 Å². The van der Waals surface area contributed by atoms with Gasteiger partial charge in [-0.15, -0.1) is 0 Å². The topological polar surface area (TPSA) is 188 Å². The zero-order valence-corrected chi connectivity index (χ0v) is 17.2. The van der Waals surface area contributed by atoms with Crippen molar-refractivity contribution in [1.29, 1.82) is 0 Å². The van der Waals surface area contributed by atoms with E-state index in [2.05, 4.69) is 16.0 Å². The summed E-state index contributed by atoms with van der Waals surface area (Å²) in [7, 11) is 0. The van der Waals surface area contributed by atoms with E-state index in [-0.39, 0.29) is 18.3 Å². The van der Waals surface area contributed by atoms with E-state index in [0.29, 0.717) is 6.42 Å². The number of carbonyl (C=O) groups excluding carboxylic acids is 3. The fourth-order valence-corrected chi connectivity index (χ4v) is 2.30. The Kier molecular flexibility index (Phi) is 11.5. The number of carbonyl (C=O) groups is 5. The van der Waals surface area contributed by atoms with Gasteiger partial charge in [-0.3, -0.25) is 19.2 Å². The van der Waals surface area contributed by atoms with Crippen molar-refractivity contribution in [3.05, 3.63) is 0 Å². The first kappa shape index (κ1) is 26.3. The van der Waals surface area contributed by atoms with Gasteiger partial charge in [0.05, 0.1) is 12.6 Å². The number of nitrogens with one attached hydrogen (secondary N) is 3. The van der Waals surface area contributed by atoms with E-state index in [0.717, 1.165) is 0 Å². The van der Waals surface area contributed by atoms with Gasteiger partial charge < -0.3 is 31.9 Å². The molecule has 0 saturated heterocycles. The van der Waals surface area contributed by atoms with Crippen LogP contribution < -0.4 is 21.7 Å². The minimum atomic E-state index is -1.38. The molecule has 0 radical (unpaired) electrons. The third-order valence-electron chi connectivity index (χ3n) is 4.52. The average Bonchev–Trinajstić information content (AvgIpc) is 2.65. The zero-order chi connectivity index (χ0) is 22.7. The Hall–Kier alpha value is -2.69. The minimum Gasteiger partial charge on any atom is -0.481 e. The second-order valence-electron chi connectivity index (χ2n) is 7.25. The van der Waals surface area contributed by atoms with E-state index in [1.165, 1.54) is 0 Å². The van der Waals surface area contributed by atoms with Crippen LogP contribution >= 0.6 is 0 Å². The van der Waals surface area contributed by atoms with E-state index >= 15 is 0 Å². The molecule has 0 bridgehead atoms. The highest BCUT2D eigenvalue weighted by Gasteiger charge is 2.29. The van der Waals surface area contributed by atoms with Gasteiger partial charge in [-0.25, -0.2) is 4.79 Å². The van der Waals surface area contributed by atoms with Crippen LogP contribution in [-0.4, -0.2) is 64.5 Å². The lowest BCUT2D eigenvalue weighted by Gasteiger charge is -2.26. The average molecular weight is 416 g/mol. The summed E-state index contributed by atoms with van der Waals surface area (Å²) in [4.78, 5) is 58.3. The normalized spacial score (nSPS) is 15.0. The molecule has 29 heavy (non-hydrogen) atoms. The maximum atomic E-state index is 12.5. The van der Waals surface area contributed by atoms with Gasteiger partial charge in [0.15, 0.2) is 0 Å². The molecule has 0 heterocycles. The number of rotatable bonds is 13. The molecule has 0 aliphatic heterocycles. The van der Waals surface area contributed by atoms with Crippen LogP contribution in [0.5, 0.6) is 0 Å². The first-order valence-corrected chi connectivity index (χ1v) is 9.48. The van der Waals surface area contributed by atoms with Crippen molar-refractivity contribution in [2.45, 2.75) is 65.1 Å². The monoisotopic (exact) mass is 416 g/mol. The van der Waals surface area contributed by atoms with Gasteiger partial charge in [-0.1, -0.05) is 34.1 Å². The fourth-order valence-electron chi connectivity index (χ4n) is 2.30. The van der Waals surface area contributed by atoms with Gasteiger partial charge in [0, 0.05) is 6.42 Å². The molecule has 4 atom stereocenters. The van der Waals surface area contributed by atoms with Crippen LogP contribution in [0, 0.1) is 11.8 Å². The van der Waals surface area contributed by atoms with Crippen molar-refractivity contribution >= 4 is 29.7 Å². The lowest BCUT2D eigenvalue weighted by molar-refractivity contribution is -0.143. The first-order chi connectivity index (χ1) is 13.4. The Morgan fingerprint density at radius 3 is 2.00 bits per heavy atom. The maximum absolute atomic E-state index is 12.5. The fraction of sp³-hybridized carbons (Fsp3) is 0.722. The summed E-state index contributed by atoms with van der Waals surface area (Å²) in [5, 5.41) is 24.8. The molecular weight excluding hydrogens is 384 g/mol. The Labute approximate surface area is 169 Å². The first-order valence-electron chi connectivity index (χ1n) is 9.48. The van der Waals surface area contributed by atoms with Crippen LogP contribution in [0.25, 0.3) is 0 Å². The molecule has 0 rings (SSSR count). The van der Waals surface area contributed by atoms with E-state index in [1.807, 2.05) is 6.92 Å². The standard InChI is InChI=1S/C18H32N4O7/c1-5-10(4)15(22-16(26)14(19)9(2)3)17(27)20-8-12(23)21-11(18(28)29)6-7-13(24)25/h9-11,14-15H,5-8,19H2,1-4H3,(H,20,27)(H,21,23)(H,22,26)(H,24,25)(H,28,29). The lowest BCUT2D eigenvalue weighted by Crippen LogP contribution is -2.56. The molecule has 0 saturated carbocycles. The molecular formula is C18H32N4O7. The quantitative estimate of drug-likeness (QED) is 0.221. The molecule has 7 N–H and O–H groups in total. The Morgan fingerprint density at radius 1 is 0.966 bits per heavy atom. The van der Waals surface area contributed by atoms with Crippen molar-refractivity contribution in [1.82, 2.24) is 16.0 Å². The van der Waals surface area contributed by atoms with Crippen molar-refractivity contribution in [3.8, 4) is 0 Å². The van der Waals surface area contributed by atoms with Crippen molar-refractivity contribution in [2.75, 3.05) is 6.54 Å². The maximum Gasteiger partial charge on any atom is 0.326 e. The third-order valence-corrected chi connectivity index (χ3v) is 4.52. The summed E-state index contributed by atoms with van der Waals surface area (Å²) >= 11 is 0. The van der Waals surface area contributed by atoms with Crippen LogP contribution in [0.3, 0.4) is 0 Å². The smallest absolute Gasteiger partial charge is 0.326 e. The Morgan fingerprint density at radius 2 is 1.55 bits per heavy atom. The molecule has 0 fully saturated rings. The van der Waals surface area contributed by atoms with E-state index in [9.17, 15) is 24.0 Å². The summed E-state index contributed by atoms with van der Waals surface area (Å²) in [5.74, 6) is -4.79. The predicted octanol–water partition coefficient (Wildman–Crippen LogP) is -0.949.